The number of benzene rings is 1. The van der Waals surface area contributed by atoms with Crippen LogP contribution in [-0.4, -0.2) is 29.0 Å². The fourth-order valence-electron chi connectivity index (χ4n) is 4.75. The standard InChI is InChI=1S/C24H22F3N5O2S/c1-34-14-6-4-5-13(9-14)18-10-20(24(25,26)27)32-21(30-18)17(12-29-32)22(33)31-23-16(11-28)15-7-2-3-8-19(15)35-23/h4-6,9,12,18,20,30H,2-3,7-8,10H2,1H3,(H,31,33). The summed E-state index contributed by atoms with van der Waals surface area (Å²) in [6, 6.07) is 6.38. The second-order valence-electron chi connectivity index (χ2n) is 8.60. The summed E-state index contributed by atoms with van der Waals surface area (Å²) >= 11 is 1.36. The van der Waals surface area contributed by atoms with Gasteiger partial charge in [0.1, 0.15) is 28.2 Å². The second kappa shape index (κ2) is 8.92. The highest BCUT2D eigenvalue weighted by atomic mass is 32.1. The normalized spacial score (nSPS) is 19.2. The minimum absolute atomic E-state index is 0.0104. The molecule has 0 saturated carbocycles. The molecule has 1 aromatic carbocycles. The predicted octanol–water partition coefficient (Wildman–Crippen LogP) is 5.62. The van der Waals surface area contributed by atoms with E-state index in [1.807, 2.05) is 0 Å². The van der Waals surface area contributed by atoms with Crippen LogP contribution >= 0.6 is 11.3 Å². The number of nitrogens with zero attached hydrogens (tertiary/aromatic N) is 3. The summed E-state index contributed by atoms with van der Waals surface area (Å²) in [5.41, 5.74) is 2.00. The summed E-state index contributed by atoms with van der Waals surface area (Å²) in [5, 5.41) is 19.9. The van der Waals surface area contributed by atoms with Crippen LogP contribution in [0.1, 0.15) is 63.3 Å². The highest BCUT2D eigenvalue weighted by Gasteiger charge is 2.47. The van der Waals surface area contributed by atoms with Crippen LogP contribution in [0.15, 0.2) is 30.5 Å². The lowest BCUT2D eigenvalue weighted by Gasteiger charge is -2.34. The molecule has 2 N–H and O–H groups in total. The summed E-state index contributed by atoms with van der Waals surface area (Å²) < 4.78 is 48.0. The number of methoxy groups -OCH3 is 1. The molecule has 2 unspecified atom stereocenters. The van der Waals surface area contributed by atoms with Gasteiger partial charge in [0.05, 0.1) is 24.9 Å². The van der Waals surface area contributed by atoms with Crippen molar-refractivity contribution in [1.82, 2.24) is 9.78 Å². The molecule has 2 aliphatic rings. The SMILES string of the molecule is COc1cccc(C2CC(C(F)(F)F)n3ncc(C(=O)Nc4sc5c(c4C#N)CCCC5)c3N2)c1. The highest BCUT2D eigenvalue weighted by molar-refractivity contribution is 7.16. The maximum absolute atomic E-state index is 14.0. The molecule has 2 atom stereocenters. The summed E-state index contributed by atoms with van der Waals surface area (Å²) in [6.07, 6.45) is -0.0646. The maximum Gasteiger partial charge on any atom is 0.410 e. The number of hydrogen-bond acceptors (Lipinski definition) is 6. The molecule has 0 bridgehead atoms. The molecular formula is C24H22F3N5O2S. The third-order valence-electron chi connectivity index (χ3n) is 6.49. The minimum atomic E-state index is -4.56. The number of aryl methyl sites for hydroxylation is 1. The lowest BCUT2D eigenvalue weighted by atomic mass is 9.96. The first kappa shape index (κ1) is 23.2. The quantitative estimate of drug-likeness (QED) is 0.484. The number of ether oxygens (including phenoxy) is 1. The largest absolute Gasteiger partial charge is 0.497 e. The van der Waals surface area contributed by atoms with Crippen LogP contribution in [0.4, 0.5) is 24.0 Å². The number of carbonyl (C=O) groups is 1. The van der Waals surface area contributed by atoms with Gasteiger partial charge in [-0.2, -0.15) is 23.5 Å². The van der Waals surface area contributed by atoms with Gasteiger partial charge in [-0.3, -0.25) is 4.79 Å². The number of amides is 1. The first-order valence-electron chi connectivity index (χ1n) is 11.2. The van der Waals surface area contributed by atoms with Crippen LogP contribution in [0.2, 0.25) is 0 Å². The van der Waals surface area contributed by atoms with Gasteiger partial charge in [0.25, 0.3) is 5.91 Å². The molecule has 0 saturated heterocycles. The average molecular weight is 502 g/mol. The molecule has 0 spiro atoms. The number of alkyl halides is 3. The monoisotopic (exact) mass is 501 g/mol. The first-order chi connectivity index (χ1) is 16.8. The van der Waals surface area contributed by atoms with Gasteiger partial charge >= 0.3 is 6.18 Å². The Morgan fingerprint density at radius 3 is 2.89 bits per heavy atom. The Morgan fingerprint density at radius 2 is 2.14 bits per heavy atom. The Bertz CT molecular complexity index is 1320. The van der Waals surface area contributed by atoms with Crippen molar-refractivity contribution in [3.63, 3.8) is 0 Å². The van der Waals surface area contributed by atoms with E-state index >= 15 is 0 Å². The Balaban J connectivity index is 1.49. The number of fused-ring (bicyclic) bond motifs is 2. The summed E-state index contributed by atoms with van der Waals surface area (Å²) in [6.45, 7) is 0. The topological polar surface area (TPSA) is 92.0 Å². The molecule has 1 aliphatic carbocycles. The Kier molecular flexibility index (Phi) is 5.92. The van der Waals surface area contributed by atoms with Crippen molar-refractivity contribution < 1.29 is 22.7 Å². The Morgan fingerprint density at radius 1 is 1.34 bits per heavy atom. The van der Waals surface area contributed by atoms with E-state index in [1.165, 1.54) is 18.4 Å². The maximum atomic E-state index is 14.0. The Hall–Kier alpha value is -3.52. The molecule has 11 heteroatoms. The van der Waals surface area contributed by atoms with Gasteiger partial charge < -0.3 is 15.4 Å². The average Bonchev–Trinajstić information content (AvgIpc) is 3.43. The lowest BCUT2D eigenvalue weighted by Crippen LogP contribution is -2.36. The molecule has 1 aliphatic heterocycles. The van der Waals surface area contributed by atoms with Crippen molar-refractivity contribution in [1.29, 1.82) is 5.26 Å². The van der Waals surface area contributed by atoms with Gasteiger partial charge in [0.15, 0.2) is 6.04 Å². The van der Waals surface area contributed by atoms with Gasteiger partial charge in [-0.1, -0.05) is 12.1 Å². The molecule has 7 nitrogen and oxygen atoms in total. The van der Waals surface area contributed by atoms with E-state index in [9.17, 15) is 23.2 Å². The summed E-state index contributed by atoms with van der Waals surface area (Å²) in [5.74, 6) is -0.0969. The van der Waals surface area contributed by atoms with Gasteiger partial charge in [-0.25, -0.2) is 4.68 Å². The molecule has 0 radical (unpaired) electrons. The minimum Gasteiger partial charge on any atom is -0.497 e. The zero-order valence-corrected chi connectivity index (χ0v) is 19.6. The van der Waals surface area contributed by atoms with E-state index in [0.717, 1.165) is 47.0 Å². The van der Waals surface area contributed by atoms with E-state index in [-0.39, 0.29) is 17.8 Å². The van der Waals surface area contributed by atoms with E-state index < -0.39 is 24.2 Å². The molecule has 3 aromatic rings. The van der Waals surface area contributed by atoms with E-state index in [2.05, 4.69) is 21.8 Å². The number of halogens is 3. The van der Waals surface area contributed by atoms with Crippen LogP contribution < -0.4 is 15.4 Å². The smallest absolute Gasteiger partial charge is 0.410 e. The summed E-state index contributed by atoms with van der Waals surface area (Å²) in [4.78, 5) is 14.3. The van der Waals surface area contributed by atoms with Crippen molar-refractivity contribution in [3.05, 3.63) is 57.6 Å². The number of rotatable bonds is 4. The van der Waals surface area contributed by atoms with Gasteiger partial charge in [-0.15, -0.1) is 11.3 Å². The van der Waals surface area contributed by atoms with Crippen LogP contribution in [0.3, 0.4) is 0 Å². The van der Waals surface area contributed by atoms with E-state index in [1.54, 1.807) is 24.3 Å². The highest BCUT2D eigenvalue weighted by Crippen LogP contribution is 2.45. The molecule has 1 amide bonds. The fraction of sp³-hybridized carbons (Fsp3) is 0.375. The van der Waals surface area contributed by atoms with Gasteiger partial charge in [0.2, 0.25) is 0 Å². The number of nitriles is 1. The fourth-order valence-corrected chi connectivity index (χ4v) is 5.98. The molecule has 5 rings (SSSR count). The van der Waals surface area contributed by atoms with Gasteiger partial charge in [0, 0.05) is 11.3 Å². The lowest BCUT2D eigenvalue weighted by molar-refractivity contribution is -0.173. The number of aromatic nitrogens is 2. The number of hydrogen-bond donors (Lipinski definition) is 2. The van der Waals surface area contributed by atoms with Crippen LogP contribution in [-0.2, 0) is 12.8 Å². The predicted molar refractivity (Wildman–Crippen MR) is 125 cm³/mol. The van der Waals surface area contributed by atoms with Crippen LogP contribution in [0.5, 0.6) is 5.75 Å². The van der Waals surface area contributed by atoms with Crippen LogP contribution in [0, 0.1) is 11.3 Å². The third-order valence-corrected chi connectivity index (χ3v) is 7.70. The number of thiophene rings is 1. The van der Waals surface area contributed by atoms with Crippen molar-refractivity contribution in [3.8, 4) is 11.8 Å². The van der Waals surface area contributed by atoms with Crippen molar-refractivity contribution >= 4 is 28.1 Å². The zero-order valence-electron chi connectivity index (χ0n) is 18.8. The van der Waals surface area contributed by atoms with Crippen LogP contribution in [0.25, 0.3) is 0 Å². The number of nitrogens with one attached hydrogen (secondary N) is 2. The van der Waals surface area contributed by atoms with Crippen molar-refractivity contribution in [2.45, 2.75) is 50.4 Å². The third kappa shape index (κ3) is 4.23. The second-order valence-corrected chi connectivity index (χ2v) is 9.70. The molecule has 182 valence electrons. The first-order valence-corrected chi connectivity index (χ1v) is 12.0. The molecule has 2 aromatic heterocycles. The zero-order chi connectivity index (χ0) is 24.7. The van der Waals surface area contributed by atoms with E-state index in [0.29, 0.717) is 21.9 Å². The van der Waals surface area contributed by atoms with Crippen molar-refractivity contribution in [2.75, 3.05) is 17.7 Å². The molecule has 0 fully saturated rings. The molecular weight excluding hydrogens is 479 g/mol. The number of anilines is 2. The molecule has 3 heterocycles. The number of carbonyl (C=O) groups excluding carboxylic acids is 1. The summed E-state index contributed by atoms with van der Waals surface area (Å²) in [7, 11) is 1.49. The molecule has 35 heavy (non-hydrogen) atoms. The Labute approximate surface area is 203 Å². The van der Waals surface area contributed by atoms with E-state index in [4.69, 9.17) is 4.74 Å². The van der Waals surface area contributed by atoms with Gasteiger partial charge in [-0.05, 0) is 48.9 Å². The van der Waals surface area contributed by atoms with Crippen molar-refractivity contribution in [2.24, 2.45) is 0 Å².